The average molecular weight is 556 g/mol. The number of hydrazine groups is 1. The van der Waals surface area contributed by atoms with E-state index in [1.54, 1.807) is 11.5 Å². The summed E-state index contributed by atoms with van der Waals surface area (Å²) in [5, 5.41) is 31.4. The van der Waals surface area contributed by atoms with Crippen LogP contribution in [0.15, 0.2) is 39.8 Å². The van der Waals surface area contributed by atoms with E-state index < -0.39 is 29.9 Å². The van der Waals surface area contributed by atoms with Crippen molar-refractivity contribution < 1.29 is 24.7 Å². The molecule has 0 radical (unpaired) electrons. The number of hydrogen-bond donors (Lipinski definition) is 5. The van der Waals surface area contributed by atoms with E-state index in [9.17, 15) is 29.8 Å². The van der Waals surface area contributed by atoms with Gasteiger partial charge in [-0.05, 0) is 49.0 Å². The summed E-state index contributed by atoms with van der Waals surface area (Å²) in [7, 11) is -1.74. The zero-order valence-corrected chi connectivity index (χ0v) is 20.8. The molecular weight excluding hydrogens is 521 g/mol. The number of aliphatic imine (C=N–C) groups is 1. The Balaban J connectivity index is 0.0000116. The van der Waals surface area contributed by atoms with E-state index >= 15 is 0 Å². The van der Waals surface area contributed by atoms with Crippen molar-refractivity contribution in [2.24, 2.45) is 22.6 Å². The fourth-order valence-electron chi connectivity index (χ4n) is 3.13. The van der Waals surface area contributed by atoms with Crippen LogP contribution in [-0.2, 0) is 9.59 Å². The zero-order valence-electron chi connectivity index (χ0n) is 19.2. The summed E-state index contributed by atoms with van der Waals surface area (Å²) in [6, 6.07) is 7.35. The van der Waals surface area contributed by atoms with E-state index in [4.69, 9.17) is 5.73 Å². The Morgan fingerprint density at radius 3 is 2.46 bits per heavy atom. The van der Waals surface area contributed by atoms with Crippen LogP contribution in [0.3, 0.4) is 0 Å². The number of carbonyl (C=O) groups excluding carboxylic acids is 2. The van der Waals surface area contributed by atoms with Gasteiger partial charge in [0.05, 0.1) is 5.94 Å². The molecule has 1 aromatic rings. The Labute approximate surface area is 214 Å². The number of rotatable bonds is 14. The molecule has 6 N–H and O–H groups in total. The van der Waals surface area contributed by atoms with E-state index in [1.807, 2.05) is 38.1 Å². The fourth-order valence-corrected chi connectivity index (χ4v) is 3.39. The topological polar surface area (TPSA) is 180 Å². The van der Waals surface area contributed by atoms with Crippen molar-refractivity contribution in [1.82, 2.24) is 10.7 Å². The molecule has 194 valence electrons. The van der Waals surface area contributed by atoms with Gasteiger partial charge in [0, 0.05) is 23.4 Å². The Morgan fingerprint density at radius 1 is 1.29 bits per heavy atom. The number of nitrogens with zero attached hydrogens (tertiary/aromatic N) is 2. The van der Waals surface area contributed by atoms with Crippen molar-refractivity contribution in [1.29, 1.82) is 0 Å². The van der Waals surface area contributed by atoms with Crippen LogP contribution in [0, 0.1) is 22.0 Å². The second-order valence-electron chi connectivity index (χ2n) is 8.19. The average Bonchev–Trinajstić information content (AvgIpc) is 2.74. The van der Waals surface area contributed by atoms with E-state index in [1.165, 1.54) is 6.08 Å². The number of benzene rings is 1. The van der Waals surface area contributed by atoms with Crippen molar-refractivity contribution in [2.75, 3.05) is 6.54 Å². The van der Waals surface area contributed by atoms with Gasteiger partial charge in [-0.3, -0.25) is 9.59 Å². The monoisotopic (exact) mass is 555 g/mol. The third-order valence-corrected chi connectivity index (χ3v) is 5.29. The molecule has 1 amide bonds. The van der Waals surface area contributed by atoms with Crippen molar-refractivity contribution in [2.45, 2.75) is 52.9 Å². The maximum atomic E-state index is 12.9. The molecule has 0 fully saturated rings. The summed E-state index contributed by atoms with van der Waals surface area (Å²) in [6.07, 6.45) is 3.87. The molecule has 0 aliphatic heterocycles. The molecule has 0 aromatic heterocycles. The minimum Gasteiger partial charge on any atom is -0.426 e. The summed E-state index contributed by atoms with van der Waals surface area (Å²) >= 11 is 3.34. The molecule has 0 saturated heterocycles. The second-order valence-corrected chi connectivity index (χ2v) is 9.10. The van der Waals surface area contributed by atoms with Gasteiger partial charge in [0.2, 0.25) is 5.91 Å². The first-order valence-corrected chi connectivity index (χ1v) is 11.6. The van der Waals surface area contributed by atoms with Crippen LogP contribution in [0.2, 0.25) is 0 Å². The number of nitrogens with two attached hydrogens (primary N) is 1. The maximum absolute atomic E-state index is 12.9. The van der Waals surface area contributed by atoms with Gasteiger partial charge in [-0.15, -0.1) is 0 Å². The predicted octanol–water partition coefficient (Wildman–Crippen LogP) is 2.09. The highest BCUT2D eigenvalue weighted by Gasteiger charge is 2.29. The third-order valence-electron chi connectivity index (χ3n) is 4.76. The molecule has 0 unspecified atom stereocenters. The molecular formula is C22H35BBrN5O6. The SMILES string of the molecule is C.CC(C)C[C@H](NC(=O)[C@H](CCCN=C(N)N[N+](=O)[O-])CC(=O)/C=C/c1ccc(Br)cc1)B(O)O. The Kier molecular flexibility index (Phi) is 15.5. The Bertz CT molecular complexity index is 880. The number of amides is 1. The van der Waals surface area contributed by atoms with Gasteiger partial charge in [-0.1, -0.05) is 60.8 Å². The number of guanidine groups is 1. The number of halogens is 1. The van der Waals surface area contributed by atoms with Gasteiger partial charge in [-0.25, -0.2) is 15.1 Å². The van der Waals surface area contributed by atoms with Crippen molar-refractivity contribution in [3.8, 4) is 0 Å². The molecule has 1 rings (SSSR count). The minimum absolute atomic E-state index is 0. The van der Waals surface area contributed by atoms with Crippen LogP contribution in [-0.4, -0.2) is 52.3 Å². The van der Waals surface area contributed by atoms with Gasteiger partial charge in [0.1, 0.15) is 0 Å². The van der Waals surface area contributed by atoms with Crippen LogP contribution in [0.25, 0.3) is 6.08 Å². The van der Waals surface area contributed by atoms with Gasteiger partial charge >= 0.3 is 7.12 Å². The van der Waals surface area contributed by atoms with Gasteiger partial charge in [0.15, 0.2) is 10.8 Å². The quantitative estimate of drug-likeness (QED) is 0.0440. The molecule has 2 atom stereocenters. The van der Waals surface area contributed by atoms with Gasteiger partial charge < -0.3 is 21.1 Å². The van der Waals surface area contributed by atoms with Crippen LogP contribution >= 0.6 is 15.9 Å². The number of ketones is 1. The molecule has 0 saturated carbocycles. The number of hydrogen-bond acceptors (Lipinski definition) is 7. The van der Waals surface area contributed by atoms with Gasteiger partial charge in [0.25, 0.3) is 5.96 Å². The van der Waals surface area contributed by atoms with Crippen molar-refractivity contribution in [3.05, 3.63) is 50.5 Å². The van der Waals surface area contributed by atoms with E-state index in [2.05, 4.69) is 26.2 Å². The third kappa shape index (κ3) is 14.3. The van der Waals surface area contributed by atoms with Crippen molar-refractivity contribution in [3.63, 3.8) is 0 Å². The molecule has 35 heavy (non-hydrogen) atoms. The van der Waals surface area contributed by atoms with Crippen LogP contribution in [0.1, 0.15) is 52.5 Å². The standard InChI is InChI=1S/C21H31BBrN5O6.CH4/c1-14(2)12-19(22(31)32)26-20(30)16(4-3-11-25-21(24)27-28(33)34)13-18(29)10-7-15-5-8-17(23)9-6-15;/h5-10,14,16,19,31-32H,3-4,11-13H2,1-2H3,(H,26,30)(H3,24,25,27);1H4/b10-7+;/t16-,19+;/m1./s1. The molecule has 0 bridgehead atoms. The smallest absolute Gasteiger partial charge is 0.426 e. The summed E-state index contributed by atoms with van der Waals surface area (Å²) < 4.78 is 0.909. The lowest BCUT2D eigenvalue weighted by Gasteiger charge is -2.23. The first-order chi connectivity index (χ1) is 16.0. The Hall–Kier alpha value is -2.77. The lowest BCUT2D eigenvalue weighted by atomic mass is 9.74. The molecule has 0 aliphatic carbocycles. The Morgan fingerprint density at radius 2 is 1.91 bits per heavy atom. The van der Waals surface area contributed by atoms with E-state index in [0.717, 1.165) is 10.0 Å². The number of nitrogens with one attached hydrogen (secondary N) is 2. The summed E-state index contributed by atoms with van der Waals surface area (Å²) in [4.78, 5) is 39.6. The lowest BCUT2D eigenvalue weighted by molar-refractivity contribution is -0.525. The summed E-state index contributed by atoms with van der Waals surface area (Å²) in [5.74, 6) is -2.64. The second kappa shape index (κ2) is 16.8. The highest BCUT2D eigenvalue weighted by Crippen LogP contribution is 2.16. The van der Waals surface area contributed by atoms with E-state index in [-0.39, 0.29) is 44.5 Å². The number of carbonyl (C=O) groups is 2. The molecule has 11 nitrogen and oxygen atoms in total. The van der Waals surface area contributed by atoms with Crippen LogP contribution in [0.4, 0.5) is 0 Å². The number of allylic oxidation sites excluding steroid dienone is 1. The first kappa shape index (κ1) is 32.2. The fraction of sp³-hybridized carbons (Fsp3) is 0.500. The predicted molar refractivity (Wildman–Crippen MR) is 140 cm³/mol. The first-order valence-electron chi connectivity index (χ1n) is 10.8. The minimum atomic E-state index is -1.74. The molecule has 13 heteroatoms. The van der Waals surface area contributed by atoms with E-state index in [0.29, 0.717) is 12.8 Å². The summed E-state index contributed by atoms with van der Waals surface area (Å²) in [6.45, 7) is 3.88. The molecule has 0 heterocycles. The van der Waals surface area contributed by atoms with Crippen LogP contribution in [0.5, 0.6) is 0 Å². The zero-order chi connectivity index (χ0) is 25.7. The normalized spacial score (nSPS) is 13.1. The highest BCUT2D eigenvalue weighted by atomic mass is 79.9. The van der Waals surface area contributed by atoms with Crippen molar-refractivity contribution >= 4 is 46.8 Å². The largest absolute Gasteiger partial charge is 0.475 e. The molecule has 0 aliphatic rings. The lowest BCUT2D eigenvalue weighted by Crippen LogP contribution is -2.49. The van der Waals surface area contributed by atoms with Gasteiger partial charge in [-0.2, -0.15) is 0 Å². The molecule has 0 spiro atoms. The molecule has 1 aromatic carbocycles. The highest BCUT2D eigenvalue weighted by molar-refractivity contribution is 9.10. The maximum Gasteiger partial charge on any atom is 0.475 e. The number of nitro groups is 1. The summed E-state index contributed by atoms with van der Waals surface area (Å²) in [5.41, 5.74) is 7.93. The van der Waals surface area contributed by atoms with Crippen LogP contribution < -0.4 is 16.5 Å².